The second-order valence-electron chi connectivity index (χ2n) is 3.70. The lowest BCUT2D eigenvalue weighted by Crippen LogP contribution is -2.05. The SMILES string of the molecule is CCOC(=O)c1cnn(CCCC(C)O)c1. The molecule has 5 nitrogen and oxygen atoms in total. The van der Waals surface area contributed by atoms with E-state index in [9.17, 15) is 4.79 Å². The molecule has 0 aliphatic heterocycles. The van der Waals surface area contributed by atoms with Gasteiger partial charge >= 0.3 is 5.97 Å². The Balaban J connectivity index is 2.42. The fourth-order valence-electron chi connectivity index (χ4n) is 1.35. The Kier molecular flexibility index (Phi) is 4.98. The van der Waals surface area contributed by atoms with Gasteiger partial charge in [0.05, 0.1) is 24.5 Å². The van der Waals surface area contributed by atoms with Crippen molar-refractivity contribution in [1.82, 2.24) is 9.78 Å². The maximum atomic E-state index is 11.3. The van der Waals surface area contributed by atoms with E-state index in [0.717, 1.165) is 12.8 Å². The summed E-state index contributed by atoms with van der Waals surface area (Å²) >= 11 is 0. The van der Waals surface area contributed by atoms with Crippen molar-refractivity contribution in [3.8, 4) is 0 Å². The molecule has 90 valence electrons. The van der Waals surface area contributed by atoms with E-state index < -0.39 is 0 Å². The summed E-state index contributed by atoms with van der Waals surface area (Å²) in [5.74, 6) is -0.343. The summed E-state index contributed by atoms with van der Waals surface area (Å²) in [6, 6.07) is 0. The summed E-state index contributed by atoms with van der Waals surface area (Å²) in [5, 5.41) is 13.1. The average Bonchev–Trinajstić information content (AvgIpc) is 2.66. The summed E-state index contributed by atoms with van der Waals surface area (Å²) in [4.78, 5) is 11.3. The zero-order valence-electron chi connectivity index (χ0n) is 9.72. The summed E-state index contributed by atoms with van der Waals surface area (Å²) in [6.45, 7) is 4.59. The summed E-state index contributed by atoms with van der Waals surface area (Å²) in [7, 11) is 0. The Hall–Kier alpha value is -1.36. The lowest BCUT2D eigenvalue weighted by atomic mass is 10.2. The van der Waals surface area contributed by atoms with Crippen LogP contribution in [0, 0.1) is 0 Å². The Morgan fingerprint density at radius 3 is 3.06 bits per heavy atom. The zero-order chi connectivity index (χ0) is 12.0. The number of esters is 1. The van der Waals surface area contributed by atoms with Crippen LogP contribution in [-0.4, -0.2) is 33.6 Å². The third kappa shape index (κ3) is 4.02. The third-order valence-electron chi connectivity index (χ3n) is 2.15. The van der Waals surface area contributed by atoms with E-state index in [2.05, 4.69) is 5.10 Å². The molecule has 1 atom stereocenters. The number of carbonyl (C=O) groups is 1. The molecule has 0 bridgehead atoms. The number of hydrogen-bond acceptors (Lipinski definition) is 4. The molecular formula is C11H18N2O3. The molecule has 1 rings (SSSR count). The largest absolute Gasteiger partial charge is 0.462 e. The molecule has 0 spiro atoms. The molecule has 1 heterocycles. The molecule has 0 aromatic carbocycles. The molecule has 1 aromatic rings. The number of aromatic nitrogens is 2. The van der Waals surface area contributed by atoms with Gasteiger partial charge in [0.25, 0.3) is 0 Å². The van der Waals surface area contributed by atoms with E-state index in [1.807, 2.05) is 0 Å². The molecule has 16 heavy (non-hydrogen) atoms. The Morgan fingerprint density at radius 1 is 1.69 bits per heavy atom. The van der Waals surface area contributed by atoms with Gasteiger partial charge in [-0.1, -0.05) is 0 Å². The maximum absolute atomic E-state index is 11.3. The van der Waals surface area contributed by atoms with Gasteiger partial charge < -0.3 is 9.84 Å². The van der Waals surface area contributed by atoms with Gasteiger partial charge in [0.15, 0.2) is 0 Å². The standard InChI is InChI=1S/C11H18N2O3/c1-3-16-11(15)10-7-12-13(8-10)6-4-5-9(2)14/h7-9,14H,3-6H2,1-2H3. The molecule has 0 fully saturated rings. The summed E-state index contributed by atoms with van der Waals surface area (Å²) in [5.41, 5.74) is 0.471. The second kappa shape index (κ2) is 6.27. The normalized spacial score (nSPS) is 12.4. The fraction of sp³-hybridized carbons (Fsp3) is 0.636. The van der Waals surface area contributed by atoms with Gasteiger partial charge in [-0.2, -0.15) is 5.10 Å². The number of carbonyl (C=O) groups excluding carboxylic acids is 1. The van der Waals surface area contributed by atoms with Gasteiger partial charge in [-0.05, 0) is 26.7 Å². The summed E-state index contributed by atoms with van der Waals surface area (Å²) < 4.78 is 6.54. The van der Waals surface area contributed by atoms with Crippen molar-refractivity contribution in [2.24, 2.45) is 0 Å². The Morgan fingerprint density at radius 2 is 2.44 bits per heavy atom. The van der Waals surface area contributed by atoms with Gasteiger partial charge in [-0.25, -0.2) is 4.79 Å². The first kappa shape index (κ1) is 12.7. The quantitative estimate of drug-likeness (QED) is 0.741. The van der Waals surface area contributed by atoms with Crippen molar-refractivity contribution in [3.63, 3.8) is 0 Å². The number of aliphatic hydroxyl groups excluding tert-OH is 1. The monoisotopic (exact) mass is 226 g/mol. The van der Waals surface area contributed by atoms with Crippen LogP contribution in [0.1, 0.15) is 37.0 Å². The van der Waals surface area contributed by atoms with Crippen LogP contribution in [0.3, 0.4) is 0 Å². The minimum atomic E-state index is -0.343. The third-order valence-corrected chi connectivity index (χ3v) is 2.15. The van der Waals surface area contributed by atoms with Gasteiger partial charge in [0.2, 0.25) is 0 Å². The van der Waals surface area contributed by atoms with Crippen LogP contribution < -0.4 is 0 Å². The van der Waals surface area contributed by atoms with Gasteiger partial charge in [-0.3, -0.25) is 4.68 Å². The molecule has 0 amide bonds. The van der Waals surface area contributed by atoms with E-state index in [4.69, 9.17) is 9.84 Å². The molecule has 0 aliphatic carbocycles. The maximum Gasteiger partial charge on any atom is 0.341 e. The van der Waals surface area contributed by atoms with E-state index in [0.29, 0.717) is 18.7 Å². The zero-order valence-corrected chi connectivity index (χ0v) is 9.72. The van der Waals surface area contributed by atoms with Gasteiger partial charge in [0.1, 0.15) is 0 Å². The van der Waals surface area contributed by atoms with Gasteiger partial charge in [0, 0.05) is 12.7 Å². The number of aliphatic hydroxyl groups is 1. The van der Waals surface area contributed by atoms with Crippen LogP contribution >= 0.6 is 0 Å². The first-order valence-corrected chi connectivity index (χ1v) is 5.51. The molecule has 1 unspecified atom stereocenters. The van der Waals surface area contributed by atoms with E-state index >= 15 is 0 Å². The van der Waals surface area contributed by atoms with Crippen LogP contribution in [0.5, 0.6) is 0 Å². The smallest absolute Gasteiger partial charge is 0.341 e. The highest BCUT2D eigenvalue weighted by atomic mass is 16.5. The minimum Gasteiger partial charge on any atom is -0.462 e. The first-order chi connectivity index (χ1) is 7.63. The summed E-state index contributed by atoms with van der Waals surface area (Å²) in [6.07, 6.45) is 4.44. The Bertz CT molecular complexity index is 334. The molecular weight excluding hydrogens is 208 g/mol. The van der Waals surface area contributed by atoms with E-state index in [1.54, 1.807) is 24.7 Å². The lowest BCUT2D eigenvalue weighted by molar-refractivity contribution is 0.0526. The van der Waals surface area contributed by atoms with Crippen molar-refractivity contribution >= 4 is 5.97 Å². The lowest BCUT2D eigenvalue weighted by Gasteiger charge is -2.03. The van der Waals surface area contributed by atoms with Gasteiger partial charge in [-0.15, -0.1) is 0 Å². The predicted octanol–water partition coefficient (Wildman–Crippen LogP) is 1.22. The molecule has 0 saturated carbocycles. The van der Waals surface area contributed by atoms with Crippen LogP contribution in [0.25, 0.3) is 0 Å². The Labute approximate surface area is 95.0 Å². The topological polar surface area (TPSA) is 64.3 Å². The fourth-order valence-corrected chi connectivity index (χ4v) is 1.35. The molecule has 0 saturated heterocycles. The van der Waals surface area contributed by atoms with Crippen molar-refractivity contribution in [1.29, 1.82) is 0 Å². The first-order valence-electron chi connectivity index (χ1n) is 5.51. The number of hydrogen-bond donors (Lipinski definition) is 1. The molecule has 1 N–H and O–H groups in total. The van der Waals surface area contributed by atoms with E-state index in [1.165, 1.54) is 6.20 Å². The van der Waals surface area contributed by atoms with Crippen molar-refractivity contribution < 1.29 is 14.6 Å². The molecule has 1 aromatic heterocycles. The second-order valence-corrected chi connectivity index (χ2v) is 3.70. The molecule has 5 heteroatoms. The van der Waals surface area contributed by atoms with E-state index in [-0.39, 0.29) is 12.1 Å². The van der Waals surface area contributed by atoms with Crippen LogP contribution in [0.2, 0.25) is 0 Å². The van der Waals surface area contributed by atoms with Crippen LogP contribution in [-0.2, 0) is 11.3 Å². The average molecular weight is 226 g/mol. The highest BCUT2D eigenvalue weighted by Gasteiger charge is 2.08. The molecule has 0 aliphatic rings. The highest BCUT2D eigenvalue weighted by Crippen LogP contribution is 2.03. The number of ether oxygens (including phenoxy) is 1. The highest BCUT2D eigenvalue weighted by molar-refractivity contribution is 5.88. The number of rotatable bonds is 6. The predicted molar refractivity (Wildman–Crippen MR) is 59.1 cm³/mol. The minimum absolute atomic E-state index is 0.292. The number of nitrogens with zero attached hydrogens (tertiary/aromatic N) is 2. The van der Waals surface area contributed by atoms with Crippen molar-refractivity contribution in [2.75, 3.05) is 6.61 Å². The van der Waals surface area contributed by atoms with Crippen LogP contribution in [0.4, 0.5) is 0 Å². The number of aryl methyl sites for hydroxylation is 1. The molecule has 0 radical (unpaired) electrons. The van der Waals surface area contributed by atoms with Crippen molar-refractivity contribution in [3.05, 3.63) is 18.0 Å². The van der Waals surface area contributed by atoms with Crippen molar-refractivity contribution in [2.45, 2.75) is 39.3 Å². The van der Waals surface area contributed by atoms with Crippen LogP contribution in [0.15, 0.2) is 12.4 Å².